The van der Waals surface area contributed by atoms with Gasteiger partial charge in [0.2, 0.25) is 5.28 Å². The molecular weight excluding hydrogens is 897 g/mol. The zero-order valence-corrected chi connectivity index (χ0v) is 34.5. The minimum absolute atomic E-state index is 0.202. The molecule has 0 atom stereocenters. The molecule has 0 unspecified atom stereocenters. The molecule has 14 heteroatoms. The molecule has 0 radical (unpaired) electrons. The van der Waals surface area contributed by atoms with Gasteiger partial charge >= 0.3 is 7.12 Å². The van der Waals surface area contributed by atoms with E-state index in [-0.39, 0.29) is 5.28 Å². The van der Waals surface area contributed by atoms with E-state index < -0.39 is 7.12 Å². The molecule has 2 N–H and O–H groups in total. The van der Waals surface area contributed by atoms with Gasteiger partial charge in [0, 0.05) is 46.8 Å². The van der Waals surface area contributed by atoms with E-state index in [9.17, 15) is 0 Å². The molecule has 56 heavy (non-hydrogen) atoms. The van der Waals surface area contributed by atoms with Gasteiger partial charge in [-0.25, -0.2) is 19.9 Å². The van der Waals surface area contributed by atoms with Crippen molar-refractivity contribution in [1.82, 2.24) is 29.9 Å². The maximum atomic E-state index is 8.75. The summed E-state index contributed by atoms with van der Waals surface area (Å²) in [4.78, 5) is 26.9. The number of halogens is 5. The Morgan fingerprint density at radius 3 is 1.04 bits per heavy atom. The zero-order valence-electron chi connectivity index (χ0n) is 29.1. The van der Waals surface area contributed by atoms with Crippen molar-refractivity contribution in [2.45, 2.75) is 0 Å². The quantitative estimate of drug-likeness (QED) is 0.158. The molecule has 2 heterocycles. The minimum atomic E-state index is -1.47. The summed E-state index contributed by atoms with van der Waals surface area (Å²) in [6.07, 6.45) is 0. The van der Waals surface area contributed by atoms with Gasteiger partial charge in [0.05, 0.1) is 0 Å². The number of hydrogen-bond acceptors (Lipinski definition) is 8. The second-order valence-electron chi connectivity index (χ2n) is 11.8. The van der Waals surface area contributed by atoms with Crippen LogP contribution in [-0.2, 0) is 0 Å². The number of benzene rings is 6. The van der Waals surface area contributed by atoms with Gasteiger partial charge in [-0.1, -0.05) is 176 Å². The minimum Gasteiger partial charge on any atom is -0.423 e. The van der Waals surface area contributed by atoms with Crippen molar-refractivity contribution in [2.24, 2.45) is 0 Å². The standard InChI is InChI=1S/C21H13BrClN3.C15H10ClN3.C6H5BBrClO2/c22-17-11-16(12-18(23)13-17)21-25-19(14-7-3-1-4-8-14)24-20(26-21)15-9-5-2-6-10-15;16-15-18-13(11-7-3-1-4-8-11)17-14(19-15)12-9-5-2-6-10-12;8-5-1-4(7(10)11)2-6(9)3-5/h1-13H;1-10H;1-3,10-11H. The van der Waals surface area contributed by atoms with E-state index in [4.69, 9.17) is 44.9 Å². The Kier molecular flexibility index (Phi) is 14.5. The van der Waals surface area contributed by atoms with Gasteiger partial charge in [0.25, 0.3) is 0 Å². The Labute approximate surface area is 355 Å². The van der Waals surface area contributed by atoms with Crippen LogP contribution >= 0.6 is 66.7 Å². The third-order valence-corrected chi connectivity index (χ3v) is 9.20. The molecule has 0 amide bonds. The molecule has 2 aromatic heterocycles. The van der Waals surface area contributed by atoms with Crippen LogP contribution in [0, 0.1) is 0 Å². The van der Waals surface area contributed by atoms with Crippen LogP contribution in [0.25, 0.3) is 56.9 Å². The SMILES string of the molecule is Clc1cc(Br)cc(-c2nc(-c3ccccc3)nc(-c3ccccc3)n2)c1.Clc1nc(-c2ccccc2)nc(-c2ccccc2)n1.OB(O)c1cc(Cl)cc(Br)c1. The van der Waals surface area contributed by atoms with Gasteiger partial charge in [-0.2, -0.15) is 9.97 Å². The summed E-state index contributed by atoms with van der Waals surface area (Å²) >= 11 is 24.5. The Morgan fingerprint density at radius 2 is 0.696 bits per heavy atom. The summed E-state index contributed by atoms with van der Waals surface area (Å²) in [5.41, 5.74) is 4.93. The molecule has 0 saturated carbocycles. The number of rotatable bonds is 6. The highest BCUT2D eigenvalue weighted by atomic mass is 79.9. The fourth-order valence-corrected chi connectivity index (χ4v) is 7.03. The molecule has 0 aliphatic heterocycles. The van der Waals surface area contributed by atoms with Crippen molar-refractivity contribution in [3.8, 4) is 56.9 Å². The zero-order chi connectivity index (χ0) is 39.4. The summed E-state index contributed by atoms with van der Waals surface area (Å²) in [5.74, 6) is 3.01. The fourth-order valence-electron chi connectivity index (χ4n) is 5.13. The summed E-state index contributed by atoms with van der Waals surface area (Å²) < 4.78 is 1.61. The maximum absolute atomic E-state index is 8.75. The molecule has 0 spiro atoms. The first kappa shape index (κ1) is 40.8. The average molecular weight is 926 g/mol. The van der Waals surface area contributed by atoms with E-state index in [0.717, 1.165) is 36.8 Å². The largest absolute Gasteiger partial charge is 0.488 e. The van der Waals surface area contributed by atoms with Gasteiger partial charge in [-0.3, -0.25) is 0 Å². The van der Waals surface area contributed by atoms with Gasteiger partial charge in [0.1, 0.15) is 0 Å². The first-order valence-electron chi connectivity index (χ1n) is 16.8. The molecule has 0 aliphatic carbocycles. The van der Waals surface area contributed by atoms with E-state index in [1.807, 2.05) is 140 Å². The van der Waals surface area contributed by atoms with Crippen molar-refractivity contribution in [1.29, 1.82) is 0 Å². The molecular formula is C42H28BBr2Cl3N6O2. The highest BCUT2D eigenvalue weighted by Crippen LogP contribution is 2.29. The smallest absolute Gasteiger partial charge is 0.423 e. The number of aromatic nitrogens is 6. The van der Waals surface area contributed by atoms with Crippen molar-refractivity contribution >= 4 is 79.2 Å². The number of hydrogen-bond donors (Lipinski definition) is 2. The maximum Gasteiger partial charge on any atom is 0.488 e. The third-order valence-electron chi connectivity index (χ3n) is 7.68. The summed E-state index contributed by atoms with van der Waals surface area (Å²) in [7, 11) is -1.47. The van der Waals surface area contributed by atoms with Crippen LogP contribution in [0.2, 0.25) is 15.3 Å². The van der Waals surface area contributed by atoms with E-state index in [2.05, 4.69) is 61.8 Å². The van der Waals surface area contributed by atoms with Crippen molar-refractivity contribution < 1.29 is 10.0 Å². The first-order chi connectivity index (χ1) is 27.1. The van der Waals surface area contributed by atoms with Gasteiger partial charge < -0.3 is 10.0 Å². The summed E-state index contributed by atoms with van der Waals surface area (Å²) in [6, 6.07) is 49.6. The van der Waals surface area contributed by atoms with Crippen LogP contribution in [0.3, 0.4) is 0 Å². The highest BCUT2D eigenvalue weighted by molar-refractivity contribution is 9.10. The lowest BCUT2D eigenvalue weighted by Crippen LogP contribution is -2.29. The predicted octanol–water partition coefficient (Wildman–Crippen LogP) is 10.9. The van der Waals surface area contributed by atoms with Crippen LogP contribution in [0.4, 0.5) is 0 Å². The third kappa shape index (κ3) is 11.6. The molecule has 0 aliphatic rings. The summed E-state index contributed by atoms with van der Waals surface area (Å²) in [5, 5.41) is 18.8. The van der Waals surface area contributed by atoms with Crippen molar-refractivity contribution in [2.75, 3.05) is 0 Å². The van der Waals surface area contributed by atoms with E-state index >= 15 is 0 Å². The highest BCUT2D eigenvalue weighted by Gasteiger charge is 2.14. The van der Waals surface area contributed by atoms with Crippen LogP contribution in [0.15, 0.2) is 167 Å². The topological polar surface area (TPSA) is 118 Å². The first-order valence-corrected chi connectivity index (χ1v) is 19.5. The molecule has 8 nitrogen and oxygen atoms in total. The van der Waals surface area contributed by atoms with Crippen LogP contribution in [0.5, 0.6) is 0 Å². The Hall–Kier alpha value is -4.85. The van der Waals surface area contributed by atoms with Gasteiger partial charge in [-0.15, -0.1) is 0 Å². The van der Waals surface area contributed by atoms with E-state index in [0.29, 0.717) is 44.6 Å². The number of nitrogens with zero attached hydrogens (tertiary/aromatic N) is 6. The molecule has 276 valence electrons. The lowest BCUT2D eigenvalue weighted by Gasteiger charge is -2.09. The van der Waals surface area contributed by atoms with Gasteiger partial charge in [-0.05, 0) is 53.5 Å². The molecule has 8 aromatic rings. The lowest BCUT2D eigenvalue weighted by molar-refractivity contribution is 0.425. The van der Waals surface area contributed by atoms with Gasteiger partial charge in [0.15, 0.2) is 29.1 Å². The molecule has 8 rings (SSSR count). The second kappa shape index (κ2) is 19.8. The molecule has 6 aromatic carbocycles. The molecule has 0 bridgehead atoms. The average Bonchev–Trinajstić information content (AvgIpc) is 3.21. The summed E-state index contributed by atoms with van der Waals surface area (Å²) in [6.45, 7) is 0. The molecule has 0 fully saturated rings. The Balaban J connectivity index is 0.000000155. The Bertz CT molecular complexity index is 2370. The second-order valence-corrected chi connectivity index (χ2v) is 14.8. The normalized spacial score (nSPS) is 10.4. The van der Waals surface area contributed by atoms with Crippen molar-refractivity contribution in [3.05, 3.63) is 182 Å². The van der Waals surface area contributed by atoms with Crippen LogP contribution in [0.1, 0.15) is 0 Å². The monoisotopic (exact) mass is 922 g/mol. The van der Waals surface area contributed by atoms with Crippen LogP contribution < -0.4 is 5.46 Å². The Morgan fingerprint density at radius 1 is 0.375 bits per heavy atom. The van der Waals surface area contributed by atoms with E-state index in [1.165, 1.54) is 6.07 Å². The molecule has 0 saturated heterocycles. The fraction of sp³-hybridized carbons (Fsp3) is 0. The van der Waals surface area contributed by atoms with Crippen LogP contribution in [-0.4, -0.2) is 47.1 Å². The lowest BCUT2D eigenvalue weighted by atomic mass is 9.80. The van der Waals surface area contributed by atoms with E-state index in [1.54, 1.807) is 12.1 Å². The van der Waals surface area contributed by atoms with Crippen molar-refractivity contribution in [3.63, 3.8) is 0 Å². The predicted molar refractivity (Wildman–Crippen MR) is 234 cm³/mol.